The second kappa shape index (κ2) is 5.85. The van der Waals surface area contributed by atoms with Crippen molar-refractivity contribution in [3.8, 4) is 5.75 Å². The van der Waals surface area contributed by atoms with Gasteiger partial charge in [0.1, 0.15) is 11.6 Å². The molecule has 0 amide bonds. The van der Waals surface area contributed by atoms with Crippen molar-refractivity contribution < 1.29 is 9.50 Å². The molecular weight excluding hydrogens is 241 g/mol. The van der Waals surface area contributed by atoms with Gasteiger partial charge < -0.3 is 10.4 Å². The van der Waals surface area contributed by atoms with E-state index in [1.165, 1.54) is 29.3 Å². The maximum atomic E-state index is 13.2. The average Bonchev–Trinajstić information content (AvgIpc) is 2.40. The molecule has 0 aliphatic carbocycles. The summed E-state index contributed by atoms with van der Waals surface area (Å²) in [5, 5.41) is 13.0. The fraction of sp³-hybridized carbons (Fsp3) is 0.250. The van der Waals surface area contributed by atoms with Gasteiger partial charge in [-0.15, -0.1) is 0 Å². The monoisotopic (exact) mass is 259 g/mol. The van der Waals surface area contributed by atoms with Crippen LogP contribution in [0.5, 0.6) is 5.75 Å². The Morgan fingerprint density at radius 1 is 1.21 bits per heavy atom. The van der Waals surface area contributed by atoms with E-state index in [1.54, 1.807) is 0 Å². The molecule has 0 fully saturated rings. The minimum absolute atomic E-state index is 0.115. The molecule has 1 unspecified atom stereocenters. The smallest absolute Gasteiger partial charge is 0.123 e. The summed E-state index contributed by atoms with van der Waals surface area (Å²) in [6.45, 7) is 4.65. The zero-order valence-corrected chi connectivity index (χ0v) is 11.2. The molecule has 2 nitrogen and oxygen atoms in total. The Balaban J connectivity index is 2.07. The maximum absolute atomic E-state index is 13.2. The molecule has 1 atom stereocenters. The van der Waals surface area contributed by atoms with Gasteiger partial charge in [-0.2, -0.15) is 0 Å². The van der Waals surface area contributed by atoms with E-state index in [0.717, 1.165) is 0 Å². The first-order chi connectivity index (χ1) is 9.08. The highest BCUT2D eigenvalue weighted by molar-refractivity contribution is 5.35. The summed E-state index contributed by atoms with van der Waals surface area (Å²) in [6, 6.07) is 12.0. The molecule has 2 rings (SSSR count). The van der Waals surface area contributed by atoms with Gasteiger partial charge in [-0.05, 0) is 43.2 Å². The van der Waals surface area contributed by atoms with E-state index in [4.69, 9.17) is 0 Å². The van der Waals surface area contributed by atoms with Gasteiger partial charge in [0.15, 0.2) is 0 Å². The van der Waals surface area contributed by atoms with E-state index < -0.39 is 0 Å². The Hall–Kier alpha value is -1.87. The molecule has 19 heavy (non-hydrogen) atoms. The fourth-order valence-electron chi connectivity index (χ4n) is 2.05. The minimum atomic E-state index is -0.336. The third kappa shape index (κ3) is 3.32. The molecule has 0 aliphatic rings. The van der Waals surface area contributed by atoms with Gasteiger partial charge in [-0.3, -0.25) is 0 Å². The lowest BCUT2D eigenvalue weighted by Crippen LogP contribution is -2.18. The number of phenols is 1. The van der Waals surface area contributed by atoms with Crippen LogP contribution in [0.4, 0.5) is 4.39 Å². The first kappa shape index (κ1) is 13.6. The number of hydrogen-bond acceptors (Lipinski definition) is 2. The molecule has 0 aromatic heterocycles. The Morgan fingerprint density at radius 3 is 2.68 bits per heavy atom. The number of rotatable bonds is 4. The molecule has 0 saturated carbocycles. The van der Waals surface area contributed by atoms with Gasteiger partial charge in [0.2, 0.25) is 0 Å². The number of nitrogens with one attached hydrogen (secondary N) is 1. The molecule has 2 aromatic rings. The molecule has 0 bridgehead atoms. The first-order valence-electron chi connectivity index (χ1n) is 6.34. The molecule has 100 valence electrons. The molecule has 0 saturated heterocycles. The number of hydrogen-bond donors (Lipinski definition) is 2. The number of aryl methyl sites for hydroxylation is 1. The Kier molecular flexibility index (Phi) is 4.17. The second-order valence-corrected chi connectivity index (χ2v) is 4.73. The third-order valence-electron chi connectivity index (χ3n) is 3.32. The molecular formula is C16H18FNO. The van der Waals surface area contributed by atoms with Crippen LogP contribution in [0.25, 0.3) is 0 Å². The van der Waals surface area contributed by atoms with Crippen LogP contribution in [0.3, 0.4) is 0 Å². The Bertz CT molecular complexity index is 568. The van der Waals surface area contributed by atoms with Crippen LogP contribution in [0.1, 0.15) is 29.7 Å². The third-order valence-corrected chi connectivity index (χ3v) is 3.32. The maximum Gasteiger partial charge on any atom is 0.123 e. The van der Waals surface area contributed by atoms with E-state index in [-0.39, 0.29) is 17.6 Å². The summed E-state index contributed by atoms with van der Waals surface area (Å²) in [6.07, 6.45) is 0. The van der Waals surface area contributed by atoms with Crippen molar-refractivity contribution in [1.29, 1.82) is 0 Å². The molecule has 0 spiro atoms. The topological polar surface area (TPSA) is 32.3 Å². The molecule has 3 heteroatoms. The van der Waals surface area contributed by atoms with Crippen molar-refractivity contribution >= 4 is 0 Å². The van der Waals surface area contributed by atoms with Crippen LogP contribution in [0.2, 0.25) is 0 Å². The fourth-order valence-corrected chi connectivity index (χ4v) is 2.05. The van der Waals surface area contributed by atoms with Crippen LogP contribution in [0.15, 0.2) is 42.5 Å². The van der Waals surface area contributed by atoms with Gasteiger partial charge in [0, 0.05) is 18.2 Å². The summed E-state index contributed by atoms with van der Waals surface area (Å²) >= 11 is 0. The normalized spacial score (nSPS) is 12.4. The van der Waals surface area contributed by atoms with Crippen molar-refractivity contribution in [2.24, 2.45) is 0 Å². The lowest BCUT2D eigenvalue weighted by atomic mass is 10.1. The number of halogens is 1. The van der Waals surface area contributed by atoms with E-state index in [0.29, 0.717) is 12.1 Å². The zero-order valence-electron chi connectivity index (χ0n) is 11.2. The van der Waals surface area contributed by atoms with Gasteiger partial charge >= 0.3 is 0 Å². The highest BCUT2D eigenvalue weighted by Crippen LogP contribution is 2.25. The largest absolute Gasteiger partial charge is 0.508 e. The Morgan fingerprint density at radius 2 is 1.95 bits per heavy atom. The number of phenolic OH excluding ortho intramolecular Hbond substituents is 1. The lowest BCUT2D eigenvalue weighted by molar-refractivity contribution is 0.449. The first-order valence-corrected chi connectivity index (χ1v) is 6.34. The van der Waals surface area contributed by atoms with Gasteiger partial charge in [0.05, 0.1) is 0 Å². The second-order valence-electron chi connectivity index (χ2n) is 4.73. The van der Waals surface area contributed by atoms with Crippen molar-refractivity contribution in [2.45, 2.75) is 26.4 Å². The molecule has 2 N–H and O–H groups in total. The number of aromatic hydroxyl groups is 1. The SMILES string of the molecule is Cc1ccccc1CNC(C)c1cc(F)ccc1O. The van der Waals surface area contributed by atoms with Crippen molar-refractivity contribution in [1.82, 2.24) is 5.32 Å². The van der Waals surface area contributed by atoms with Crippen molar-refractivity contribution in [2.75, 3.05) is 0 Å². The van der Waals surface area contributed by atoms with Crippen LogP contribution >= 0.6 is 0 Å². The van der Waals surface area contributed by atoms with E-state index in [9.17, 15) is 9.50 Å². The van der Waals surface area contributed by atoms with E-state index in [2.05, 4.69) is 24.4 Å². The standard InChI is InChI=1S/C16H18FNO/c1-11-5-3-4-6-13(11)10-18-12(2)15-9-14(17)7-8-16(15)19/h3-9,12,18-19H,10H2,1-2H3. The predicted molar refractivity (Wildman–Crippen MR) is 74.5 cm³/mol. The predicted octanol–water partition coefficient (Wildman–Crippen LogP) is 3.69. The summed E-state index contributed by atoms with van der Waals surface area (Å²) < 4.78 is 13.2. The van der Waals surface area contributed by atoms with Crippen LogP contribution in [-0.4, -0.2) is 5.11 Å². The van der Waals surface area contributed by atoms with Crippen LogP contribution in [-0.2, 0) is 6.54 Å². The minimum Gasteiger partial charge on any atom is -0.508 e. The molecule has 0 heterocycles. The van der Waals surface area contributed by atoms with Crippen LogP contribution in [0, 0.1) is 12.7 Å². The molecule has 0 aliphatic heterocycles. The van der Waals surface area contributed by atoms with Gasteiger partial charge in [-0.25, -0.2) is 4.39 Å². The van der Waals surface area contributed by atoms with Crippen molar-refractivity contribution in [3.05, 3.63) is 65.0 Å². The average molecular weight is 259 g/mol. The van der Waals surface area contributed by atoms with Crippen LogP contribution < -0.4 is 5.32 Å². The highest BCUT2D eigenvalue weighted by atomic mass is 19.1. The highest BCUT2D eigenvalue weighted by Gasteiger charge is 2.11. The summed E-state index contributed by atoms with van der Waals surface area (Å²) in [5.74, 6) is -0.219. The van der Waals surface area contributed by atoms with E-state index >= 15 is 0 Å². The zero-order chi connectivity index (χ0) is 13.8. The molecule has 2 aromatic carbocycles. The van der Waals surface area contributed by atoms with E-state index in [1.807, 2.05) is 19.1 Å². The Labute approximate surface area is 112 Å². The van der Waals surface area contributed by atoms with Gasteiger partial charge in [0.25, 0.3) is 0 Å². The molecule has 0 radical (unpaired) electrons. The lowest BCUT2D eigenvalue weighted by Gasteiger charge is -2.16. The summed E-state index contributed by atoms with van der Waals surface area (Å²) in [4.78, 5) is 0. The summed E-state index contributed by atoms with van der Waals surface area (Å²) in [5.41, 5.74) is 2.99. The van der Waals surface area contributed by atoms with Gasteiger partial charge in [-0.1, -0.05) is 24.3 Å². The summed E-state index contributed by atoms with van der Waals surface area (Å²) in [7, 11) is 0. The quantitative estimate of drug-likeness (QED) is 0.877. The number of benzene rings is 2. The van der Waals surface area contributed by atoms with Crippen molar-refractivity contribution in [3.63, 3.8) is 0 Å².